The molecule has 0 spiro atoms. The van der Waals surface area contributed by atoms with Crippen molar-refractivity contribution in [2.75, 3.05) is 31.1 Å². The standard InChI is InChI=1S/C15H18N4S/c1-4-15(16-9-12(1)14-10-20-11-17-14)19-7-5-18(6-8-19)13-2-3-13/h1,4,9-11,13H,2-3,5-8H2. The number of hydrogen-bond donors (Lipinski definition) is 0. The fraction of sp³-hybridized carbons (Fsp3) is 0.467. The Labute approximate surface area is 123 Å². The first-order valence-corrected chi connectivity index (χ1v) is 8.18. The molecule has 3 heterocycles. The van der Waals surface area contributed by atoms with Gasteiger partial charge in [-0.2, -0.15) is 0 Å². The molecule has 0 bridgehead atoms. The summed E-state index contributed by atoms with van der Waals surface area (Å²) in [4.78, 5) is 14.0. The van der Waals surface area contributed by atoms with Gasteiger partial charge in [0.25, 0.3) is 0 Å². The van der Waals surface area contributed by atoms with E-state index < -0.39 is 0 Å². The molecule has 2 aromatic rings. The van der Waals surface area contributed by atoms with Gasteiger partial charge in [0.15, 0.2) is 0 Å². The summed E-state index contributed by atoms with van der Waals surface area (Å²) < 4.78 is 0. The lowest BCUT2D eigenvalue weighted by molar-refractivity contribution is 0.247. The molecule has 0 atom stereocenters. The van der Waals surface area contributed by atoms with E-state index in [-0.39, 0.29) is 0 Å². The molecule has 2 aliphatic rings. The van der Waals surface area contributed by atoms with E-state index in [1.54, 1.807) is 11.3 Å². The molecule has 20 heavy (non-hydrogen) atoms. The minimum absolute atomic E-state index is 0.886. The molecular weight excluding hydrogens is 268 g/mol. The monoisotopic (exact) mass is 286 g/mol. The average molecular weight is 286 g/mol. The van der Waals surface area contributed by atoms with Crippen LogP contribution in [0.25, 0.3) is 11.3 Å². The summed E-state index contributed by atoms with van der Waals surface area (Å²) in [6.07, 6.45) is 4.75. The highest BCUT2D eigenvalue weighted by molar-refractivity contribution is 7.07. The van der Waals surface area contributed by atoms with Gasteiger partial charge in [-0.05, 0) is 25.0 Å². The van der Waals surface area contributed by atoms with Gasteiger partial charge >= 0.3 is 0 Å². The van der Waals surface area contributed by atoms with E-state index in [0.29, 0.717) is 0 Å². The second-order valence-electron chi connectivity index (χ2n) is 5.53. The van der Waals surface area contributed by atoms with Gasteiger partial charge < -0.3 is 4.90 Å². The quantitative estimate of drug-likeness (QED) is 0.868. The number of nitrogens with zero attached hydrogens (tertiary/aromatic N) is 4. The molecule has 104 valence electrons. The summed E-state index contributed by atoms with van der Waals surface area (Å²) in [6, 6.07) is 5.14. The van der Waals surface area contributed by atoms with Crippen molar-refractivity contribution >= 4 is 17.2 Å². The van der Waals surface area contributed by atoms with Crippen LogP contribution in [0.5, 0.6) is 0 Å². The Hall–Kier alpha value is -1.46. The highest BCUT2D eigenvalue weighted by Crippen LogP contribution is 2.28. The molecule has 2 fully saturated rings. The molecular formula is C15H18N4S. The van der Waals surface area contributed by atoms with Gasteiger partial charge in [-0.3, -0.25) is 4.90 Å². The van der Waals surface area contributed by atoms with Crippen molar-refractivity contribution < 1.29 is 0 Å². The van der Waals surface area contributed by atoms with Gasteiger partial charge in [-0.1, -0.05) is 0 Å². The van der Waals surface area contributed by atoms with Gasteiger partial charge in [0.05, 0.1) is 11.2 Å². The van der Waals surface area contributed by atoms with E-state index in [2.05, 4.69) is 37.3 Å². The minimum Gasteiger partial charge on any atom is -0.354 e. The van der Waals surface area contributed by atoms with Gasteiger partial charge in [0, 0.05) is 49.4 Å². The van der Waals surface area contributed by atoms with Crippen molar-refractivity contribution in [2.45, 2.75) is 18.9 Å². The van der Waals surface area contributed by atoms with Crippen LogP contribution < -0.4 is 4.90 Å². The first-order chi connectivity index (χ1) is 9.90. The van der Waals surface area contributed by atoms with Crippen LogP contribution in [0.1, 0.15) is 12.8 Å². The number of piperazine rings is 1. The predicted molar refractivity (Wildman–Crippen MR) is 82.2 cm³/mol. The maximum Gasteiger partial charge on any atom is 0.128 e. The topological polar surface area (TPSA) is 32.3 Å². The second-order valence-corrected chi connectivity index (χ2v) is 6.25. The zero-order valence-electron chi connectivity index (χ0n) is 11.4. The fourth-order valence-corrected chi connectivity index (χ4v) is 3.40. The Morgan fingerprint density at radius 1 is 1.05 bits per heavy atom. The van der Waals surface area contributed by atoms with Gasteiger partial charge in [0.1, 0.15) is 5.82 Å². The van der Waals surface area contributed by atoms with Gasteiger partial charge in [-0.15, -0.1) is 11.3 Å². The maximum atomic E-state index is 4.62. The molecule has 4 rings (SSSR count). The van der Waals surface area contributed by atoms with Crippen LogP contribution in [0.3, 0.4) is 0 Å². The highest BCUT2D eigenvalue weighted by Gasteiger charge is 2.31. The smallest absolute Gasteiger partial charge is 0.128 e. The summed E-state index contributed by atoms with van der Waals surface area (Å²) in [5.41, 5.74) is 3.99. The molecule has 1 aliphatic carbocycles. The molecule has 0 radical (unpaired) electrons. The third kappa shape index (κ3) is 2.43. The van der Waals surface area contributed by atoms with E-state index in [1.165, 1.54) is 25.9 Å². The Morgan fingerprint density at radius 2 is 1.90 bits per heavy atom. The molecule has 0 aromatic carbocycles. The van der Waals surface area contributed by atoms with E-state index in [4.69, 9.17) is 0 Å². The molecule has 5 heteroatoms. The third-order valence-electron chi connectivity index (χ3n) is 4.18. The van der Waals surface area contributed by atoms with Crippen molar-refractivity contribution in [3.8, 4) is 11.3 Å². The number of thiazole rings is 1. The Balaban J connectivity index is 1.44. The van der Waals surface area contributed by atoms with Crippen molar-refractivity contribution in [1.82, 2.24) is 14.9 Å². The maximum absolute atomic E-state index is 4.62. The minimum atomic E-state index is 0.886. The number of hydrogen-bond acceptors (Lipinski definition) is 5. The van der Waals surface area contributed by atoms with Crippen LogP contribution in [0.15, 0.2) is 29.2 Å². The summed E-state index contributed by atoms with van der Waals surface area (Å²) in [5.74, 6) is 1.10. The van der Waals surface area contributed by atoms with Gasteiger partial charge in [0.2, 0.25) is 0 Å². The van der Waals surface area contributed by atoms with Crippen LogP contribution in [0.4, 0.5) is 5.82 Å². The predicted octanol–water partition coefficient (Wildman–Crippen LogP) is 2.49. The molecule has 0 unspecified atom stereocenters. The van der Waals surface area contributed by atoms with Crippen molar-refractivity contribution in [3.05, 3.63) is 29.2 Å². The molecule has 1 saturated carbocycles. The fourth-order valence-electron chi connectivity index (χ4n) is 2.84. The average Bonchev–Trinajstić information content (AvgIpc) is 3.22. The zero-order valence-corrected chi connectivity index (χ0v) is 12.2. The number of anilines is 1. The van der Waals surface area contributed by atoms with Crippen LogP contribution in [0, 0.1) is 0 Å². The Morgan fingerprint density at radius 3 is 2.50 bits per heavy atom. The third-order valence-corrected chi connectivity index (χ3v) is 4.76. The summed E-state index contributed by atoms with van der Waals surface area (Å²) in [7, 11) is 0. The molecule has 1 aliphatic heterocycles. The number of pyridine rings is 1. The Kier molecular flexibility index (Phi) is 3.16. The van der Waals surface area contributed by atoms with E-state index >= 15 is 0 Å². The largest absolute Gasteiger partial charge is 0.354 e. The second kappa shape index (κ2) is 5.14. The first-order valence-electron chi connectivity index (χ1n) is 7.24. The number of aromatic nitrogens is 2. The SMILES string of the molecule is c1nc(-c2ccc(N3CCN(C4CC4)CC3)nc2)cs1. The molecule has 4 nitrogen and oxygen atoms in total. The normalized spacial score (nSPS) is 20.3. The Bertz CT molecular complexity index is 554. The van der Waals surface area contributed by atoms with E-state index in [9.17, 15) is 0 Å². The van der Waals surface area contributed by atoms with Crippen LogP contribution in [0.2, 0.25) is 0 Å². The van der Waals surface area contributed by atoms with Crippen molar-refractivity contribution in [3.63, 3.8) is 0 Å². The van der Waals surface area contributed by atoms with Crippen molar-refractivity contribution in [1.29, 1.82) is 0 Å². The highest BCUT2D eigenvalue weighted by atomic mass is 32.1. The summed E-state index contributed by atoms with van der Waals surface area (Å²) >= 11 is 1.62. The summed E-state index contributed by atoms with van der Waals surface area (Å²) in [5, 5.41) is 2.06. The summed E-state index contributed by atoms with van der Waals surface area (Å²) in [6.45, 7) is 4.56. The van der Waals surface area contributed by atoms with Crippen molar-refractivity contribution in [2.24, 2.45) is 0 Å². The number of rotatable bonds is 3. The molecule has 0 N–H and O–H groups in total. The lowest BCUT2D eigenvalue weighted by Gasteiger charge is -2.35. The van der Waals surface area contributed by atoms with Crippen LogP contribution in [-0.4, -0.2) is 47.1 Å². The lowest BCUT2D eigenvalue weighted by atomic mass is 10.2. The van der Waals surface area contributed by atoms with Gasteiger partial charge in [-0.25, -0.2) is 9.97 Å². The first kappa shape index (κ1) is 12.3. The lowest BCUT2D eigenvalue weighted by Crippen LogP contribution is -2.47. The molecule has 0 amide bonds. The van der Waals surface area contributed by atoms with Crippen LogP contribution >= 0.6 is 11.3 Å². The van der Waals surface area contributed by atoms with E-state index in [0.717, 1.165) is 36.2 Å². The molecule has 2 aromatic heterocycles. The van der Waals surface area contributed by atoms with E-state index in [1.807, 2.05) is 11.7 Å². The molecule has 1 saturated heterocycles. The zero-order chi connectivity index (χ0) is 13.4. The van der Waals surface area contributed by atoms with Crippen LogP contribution in [-0.2, 0) is 0 Å².